The molecule has 0 unspecified atom stereocenters. The van der Waals surface area contributed by atoms with Crippen LogP contribution in [0.15, 0.2) is 29.8 Å². The molecule has 0 aliphatic heterocycles. The Morgan fingerprint density at radius 3 is 2.45 bits per heavy atom. The van der Waals surface area contributed by atoms with E-state index in [0.717, 1.165) is 6.42 Å². The molecule has 1 aliphatic carbocycles. The quantitative estimate of drug-likeness (QED) is 0.566. The summed E-state index contributed by atoms with van der Waals surface area (Å²) < 4.78 is 0. The van der Waals surface area contributed by atoms with Crippen molar-refractivity contribution in [2.45, 2.75) is 13.3 Å². The Hall–Kier alpha value is -1.04. The maximum atomic E-state index is 2.26. The lowest BCUT2D eigenvalue weighted by atomic mass is 10.1. The normalized spacial score (nSPS) is 14.5. The van der Waals surface area contributed by atoms with Crippen molar-refractivity contribution in [1.82, 2.24) is 0 Å². The molecule has 0 atom stereocenters. The number of hydrogen-bond acceptors (Lipinski definition) is 0. The molecule has 0 spiro atoms. The summed E-state index contributed by atoms with van der Waals surface area (Å²) in [4.78, 5) is 0. The van der Waals surface area contributed by atoms with E-state index < -0.39 is 0 Å². The number of allylic oxidation sites excluding steroid dienone is 1. The molecular weight excluding hydrogens is 132 g/mol. The van der Waals surface area contributed by atoms with Crippen LogP contribution in [-0.2, 0) is 0 Å². The van der Waals surface area contributed by atoms with Crippen molar-refractivity contribution in [2.75, 3.05) is 0 Å². The van der Waals surface area contributed by atoms with Crippen LogP contribution in [-0.4, -0.2) is 0 Å². The van der Waals surface area contributed by atoms with Crippen LogP contribution in [0.25, 0.3) is 6.08 Å². The van der Waals surface area contributed by atoms with Crippen LogP contribution >= 0.6 is 0 Å². The first-order valence-corrected chi connectivity index (χ1v) is 4.04. The smallest absolute Gasteiger partial charge is 0.0164 e. The molecule has 1 radical (unpaired) electrons. The Morgan fingerprint density at radius 2 is 1.82 bits per heavy atom. The first-order valence-electron chi connectivity index (χ1n) is 4.04. The molecule has 0 amide bonds. The largest absolute Gasteiger partial charge is 0.0619 e. The Labute approximate surface area is 67.6 Å². The Kier molecular flexibility index (Phi) is 1.54. The summed E-state index contributed by atoms with van der Waals surface area (Å²) >= 11 is 0. The highest BCUT2D eigenvalue weighted by molar-refractivity contribution is 5.68. The monoisotopic (exact) mass is 143 g/mol. The summed E-state index contributed by atoms with van der Waals surface area (Å²) in [5, 5.41) is 0. The van der Waals surface area contributed by atoms with Crippen LogP contribution in [0, 0.1) is 6.42 Å². The fraction of sp³-hybridized carbons (Fsp3) is 0.182. The molecule has 0 saturated carbocycles. The minimum atomic E-state index is 1.13. The fourth-order valence-electron chi connectivity index (χ4n) is 1.42. The molecule has 0 N–H and O–H groups in total. The van der Waals surface area contributed by atoms with Crippen molar-refractivity contribution < 1.29 is 0 Å². The summed E-state index contributed by atoms with van der Waals surface area (Å²) in [6, 6.07) is 8.49. The predicted molar refractivity (Wildman–Crippen MR) is 48.1 cm³/mol. The van der Waals surface area contributed by atoms with Crippen LogP contribution in [0.3, 0.4) is 0 Å². The second kappa shape index (κ2) is 2.54. The van der Waals surface area contributed by atoms with Gasteiger partial charge >= 0.3 is 0 Å². The van der Waals surface area contributed by atoms with Gasteiger partial charge in [0.25, 0.3) is 0 Å². The molecule has 0 heteroatoms. The molecule has 0 bridgehead atoms. The third-order valence-corrected chi connectivity index (χ3v) is 2.09. The maximum Gasteiger partial charge on any atom is 0.0164 e. The van der Waals surface area contributed by atoms with E-state index in [1.54, 1.807) is 0 Å². The summed E-state index contributed by atoms with van der Waals surface area (Å²) in [6.45, 7) is 2.19. The molecule has 2 rings (SSSR count). The molecule has 0 saturated heterocycles. The Morgan fingerprint density at radius 1 is 1.09 bits per heavy atom. The zero-order chi connectivity index (χ0) is 7.68. The molecule has 0 fully saturated rings. The number of rotatable bonds is 1. The van der Waals surface area contributed by atoms with E-state index >= 15 is 0 Å². The van der Waals surface area contributed by atoms with E-state index in [1.807, 2.05) is 0 Å². The van der Waals surface area contributed by atoms with E-state index in [2.05, 4.69) is 43.7 Å². The first kappa shape index (κ1) is 6.66. The summed E-state index contributed by atoms with van der Waals surface area (Å²) in [7, 11) is 0. The zero-order valence-electron chi connectivity index (χ0n) is 6.67. The van der Waals surface area contributed by atoms with Crippen molar-refractivity contribution in [1.29, 1.82) is 0 Å². The van der Waals surface area contributed by atoms with Gasteiger partial charge < -0.3 is 0 Å². The molecule has 1 aromatic rings. The SMILES string of the molecule is CCC1=Cc2ccccc2[CH]1. The Bertz CT molecular complexity index is 295. The van der Waals surface area contributed by atoms with Gasteiger partial charge in [-0.1, -0.05) is 42.8 Å². The molecule has 0 nitrogen and oxygen atoms in total. The molecule has 0 heterocycles. The average molecular weight is 143 g/mol. The van der Waals surface area contributed by atoms with Crippen LogP contribution in [0.5, 0.6) is 0 Å². The molecule has 1 aromatic carbocycles. The predicted octanol–water partition coefficient (Wildman–Crippen LogP) is 3.05. The van der Waals surface area contributed by atoms with Gasteiger partial charge in [-0.2, -0.15) is 0 Å². The molecule has 0 aromatic heterocycles. The highest BCUT2D eigenvalue weighted by Crippen LogP contribution is 2.27. The molecule has 1 aliphatic rings. The van der Waals surface area contributed by atoms with Crippen LogP contribution in [0.4, 0.5) is 0 Å². The van der Waals surface area contributed by atoms with Gasteiger partial charge in [-0.15, -0.1) is 0 Å². The molecule has 55 valence electrons. The summed E-state index contributed by atoms with van der Waals surface area (Å²) in [6.07, 6.45) is 5.65. The summed E-state index contributed by atoms with van der Waals surface area (Å²) in [5.74, 6) is 0. The van der Waals surface area contributed by atoms with Crippen LogP contribution < -0.4 is 0 Å². The summed E-state index contributed by atoms with van der Waals surface area (Å²) in [5.41, 5.74) is 4.17. The zero-order valence-corrected chi connectivity index (χ0v) is 6.67. The minimum absolute atomic E-state index is 1.13. The maximum absolute atomic E-state index is 2.26. The minimum Gasteiger partial charge on any atom is -0.0619 e. The van der Waals surface area contributed by atoms with Gasteiger partial charge in [0.05, 0.1) is 0 Å². The standard InChI is InChI=1S/C11H11/c1-2-9-7-10-5-3-4-6-11(10)8-9/h3-8H,2H2,1H3. The van der Waals surface area contributed by atoms with E-state index in [1.165, 1.54) is 16.7 Å². The first-order chi connectivity index (χ1) is 5.40. The van der Waals surface area contributed by atoms with E-state index in [0.29, 0.717) is 0 Å². The topological polar surface area (TPSA) is 0 Å². The third-order valence-electron chi connectivity index (χ3n) is 2.09. The lowest BCUT2D eigenvalue weighted by Gasteiger charge is -1.94. The van der Waals surface area contributed by atoms with E-state index in [4.69, 9.17) is 0 Å². The van der Waals surface area contributed by atoms with Gasteiger partial charge in [0.15, 0.2) is 0 Å². The van der Waals surface area contributed by atoms with Gasteiger partial charge in [0.1, 0.15) is 0 Å². The number of fused-ring (bicyclic) bond motifs is 1. The fourth-order valence-corrected chi connectivity index (χ4v) is 1.42. The number of benzene rings is 1. The highest BCUT2D eigenvalue weighted by Gasteiger charge is 2.09. The van der Waals surface area contributed by atoms with Crippen molar-refractivity contribution in [3.63, 3.8) is 0 Å². The van der Waals surface area contributed by atoms with Crippen molar-refractivity contribution in [3.8, 4) is 0 Å². The Balaban J connectivity index is 2.39. The van der Waals surface area contributed by atoms with Gasteiger partial charge in [0, 0.05) is 6.42 Å². The van der Waals surface area contributed by atoms with Crippen molar-refractivity contribution in [2.24, 2.45) is 0 Å². The lowest BCUT2D eigenvalue weighted by Crippen LogP contribution is -1.78. The van der Waals surface area contributed by atoms with Gasteiger partial charge in [0.2, 0.25) is 0 Å². The van der Waals surface area contributed by atoms with Crippen molar-refractivity contribution >= 4 is 6.08 Å². The van der Waals surface area contributed by atoms with Crippen molar-refractivity contribution in [3.05, 3.63) is 47.4 Å². The van der Waals surface area contributed by atoms with Gasteiger partial charge in [-0.25, -0.2) is 0 Å². The van der Waals surface area contributed by atoms with E-state index in [-0.39, 0.29) is 0 Å². The van der Waals surface area contributed by atoms with Gasteiger partial charge in [-0.05, 0) is 17.5 Å². The number of hydrogen-bond donors (Lipinski definition) is 0. The molecular formula is C11H11. The van der Waals surface area contributed by atoms with Crippen LogP contribution in [0.1, 0.15) is 24.5 Å². The van der Waals surface area contributed by atoms with Crippen LogP contribution in [0.2, 0.25) is 0 Å². The highest BCUT2D eigenvalue weighted by atomic mass is 14.1. The molecule has 11 heavy (non-hydrogen) atoms. The second-order valence-corrected chi connectivity index (χ2v) is 2.85. The second-order valence-electron chi connectivity index (χ2n) is 2.85. The average Bonchev–Trinajstić information content (AvgIpc) is 2.46. The third kappa shape index (κ3) is 1.09. The lowest BCUT2D eigenvalue weighted by molar-refractivity contribution is 1.14. The van der Waals surface area contributed by atoms with Gasteiger partial charge in [-0.3, -0.25) is 0 Å². The van der Waals surface area contributed by atoms with E-state index in [9.17, 15) is 0 Å².